The zero-order valence-corrected chi connectivity index (χ0v) is 15.2. The third kappa shape index (κ3) is 6.00. The quantitative estimate of drug-likeness (QED) is 0.459. The van der Waals surface area contributed by atoms with Crippen LogP contribution in [-0.2, 0) is 13.1 Å². The van der Waals surface area contributed by atoms with Crippen LogP contribution in [0.1, 0.15) is 37.8 Å². The highest BCUT2D eigenvalue weighted by Gasteiger charge is 2.17. The van der Waals surface area contributed by atoms with Crippen molar-refractivity contribution in [3.05, 3.63) is 48.0 Å². The van der Waals surface area contributed by atoms with E-state index < -0.39 is 0 Å². The van der Waals surface area contributed by atoms with Crippen molar-refractivity contribution in [1.29, 1.82) is 0 Å². The second kappa shape index (κ2) is 10.1. The van der Waals surface area contributed by atoms with Crippen LogP contribution in [-0.4, -0.2) is 37.0 Å². The first kappa shape index (κ1) is 18.5. The Bertz CT molecular complexity index is 538. The molecule has 1 atom stereocenters. The molecule has 4 nitrogen and oxygen atoms in total. The van der Waals surface area contributed by atoms with Crippen LogP contribution in [0.2, 0.25) is 0 Å². The smallest absolute Gasteiger partial charge is 0.191 e. The Kier molecular flexibility index (Phi) is 7.83. The monoisotopic (exact) mass is 328 g/mol. The third-order valence-corrected chi connectivity index (χ3v) is 4.42. The molecule has 0 amide bonds. The molecule has 1 aromatic rings. The average Bonchev–Trinajstić information content (AvgIpc) is 2.58. The molecule has 1 fully saturated rings. The summed E-state index contributed by atoms with van der Waals surface area (Å²) in [5.41, 5.74) is 2.71. The van der Waals surface area contributed by atoms with Crippen LogP contribution in [0.5, 0.6) is 0 Å². The maximum absolute atomic E-state index is 4.72. The molecule has 2 N–H and O–H groups in total. The van der Waals surface area contributed by atoms with E-state index in [1.165, 1.54) is 37.1 Å². The molecule has 0 saturated carbocycles. The van der Waals surface area contributed by atoms with E-state index in [4.69, 9.17) is 4.99 Å². The van der Waals surface area contributed by atoms with E-state index in [2.05, 4.69) is 60.2 Å². The fraction of sp³-hybridized carbons (Fsp3) is 0.550. The van der Waals surface area contributed by atoms with Gasteiger partial charge in [0.15, 0.2) is 5.96 Å². The van der Waals surface area contributed by atoms with E-state index in [-0.39, 0.29) is 0 Å². The molecule has 2 rings (SSSR count). The maximum Gasteiger partial charge on any atom is 0.191 e. The molecule has 132 valence electrons. The molecule has 4 heteroatoms. The van der Waals surface area contributed by atoms with Gasteiger partial charge in [-0.1, -0.05) is 37.3 Å². The second-order valence-electron chi connectivity index (χ2n) is 6.62. The van der Waals surface area contributed by atoms with Crippen LogP contribution in [0.3, 0.4) is 0 Å². The number of nitrogens with one attached hydrogen (secondary N) is 2. The van der Waals surface area contributed by atoms with Crippen molar-refractivity contribution in [2.24, 2.45) is 10.9 Å². The number of hydrogen-bond donors (Lipinski definition) is 2. The Morgan fingerprint density at radius 3 is 2.83 bits per heavy atom. The predicted octanol–water partition coefficient (Wildman–Crippen LogP) is 3.16. The van der Waals surface area contributed by atoms with E-state index >= 15 is 0 Å². The molecule has 0 aromatic heterocycles. The van der Waals surface area contributed by atoms with E-state index in [1.54, 1.807) is 0 Å². The molecular formula is C20H32N4. The minimum Gasteiger partial charge on any atom is -0.357 e. The Labute approximate surface area is 147 Å². The van der Waals surface area contributed by atoms with Gasteiger partial charge >= 0.3 is 0 Å². The van der Waals surface area contributed by atoms with Gasteiger partial charge < -0.3 is 10.6 Å². The Morgan fingerprint density at radius 1 is 1.33 bits per heavy atom. The SMILES string of the molecule is C=CCNC(=NCc1ccccc1CN1CCCC(C)C1)NCC. The van der Waals surface area contributed by atoms with E-state index in [9.17, 15) is 0 Å². The van der Waals surface area contributed by atoms with Gasteiger partial charge in [0.25, 0.3) is 0 Å². The first-order chi connectivity index (χ1) is 11.7. The molecule has 0 spiro atoms. The van der Waals surface area contributed by atoms with Crippen molar-refractivity contribution in [3.63, 3.8) is 0 Å². The van der Waals surface area contributed by atoms with Crippen LogP contribution in [0.25, 0.3) is 0 Å². The molecular weight excluding hydrogens is 296 g/mol. The fourth-order valence-corrected chi connectivity index (χ4v) is 3.21. The highest BCUT2D eigenvalue weighted by molar-refractivity contribution is 5.79. The third-order valence-electron chi connectivity index (χ3n) is 4.42. The van der Waals surface area contributed by atoms with Crippen molar-refractivity contribution < 1.29 is 0 Å². The summed E-state index contributed by atoms with van der Waals surface area (Å²) in [6.07, 6.45) is 4.53. The van der Waals surface area contributed by atoms with Gasteiger partial charge in [0.1, 0.15) is 0 Å². The van der Waals surface area contributed by atoms with Crippen LogP contribution < -0.4 is 10.6 Å². The highest BCUT2D eigenvalue weighted by atomic mass is 15.2. The average molecular weight is 329 g/mol. The van der Waals surface area contributed by atoms with Crippen molar-refractivity contribution in [3.8, 4) is 0 Å². The summed E-state index contributed by atoms with van der Waals surface area (Å²) in [5.74, 6) is 1.66. The van der Waals surface area contributed by atoms with Gasteiger partial charge in [-0.15, -0.1) is 6.58 Å². The van der Waals surface area contributed by atoms with Gasteiger partial charge in [0, 0.05) is 26.2 Å². The Hall–Kier alpha value is -1.81. The standard InChI is InChI=1S/C20H32N4/c1-4-12-22-20(21-5-2)23-14-18-10-6-7-11-19(18)16-24-13-8-9-17(3)15-24/h4,6-7,10-11,17H,1,5,8-9,12-16H2,2-3H3,(H2,21,22,23). The number of piperidine rings is 1. The van der Waals surface area contributed by atoms with E-state index in [1.807, 2.05) is 6.08 Å². The maximum atomic E-state index is 4.72. The predicted molar refractivity (Wildman–Crippen MR) is 103 cm³/mol. The summed E-state index contributed by atoms with van der Waals surface area (Å²) in [5, 5.41) is 6.53. The molecule has 0 bridgehead atoms. The van der Waals surface area contributed by atoms with Gasteiger partial charge in [-0.05, 0) is 43.4 Å². The molecule has 1 heterocycles. The Balaban J connectivity index is 2.02. The summed E-state index contributed by atoms with van der Waals surface area (Å²) in [7, 11) is 0. The largest absolute Gasteiger partial charge is 0.357 e. The summed E-state index contributed by atoms with van der Waals surface area (Å²) >= 11 is 0. The molecule has 1 unspecified atom stereocenters. The number of nitrogens with zero attached hydrogens (tertiary/aromatic N) is 2. The summed E-state index contributed by atoms with van der Waals surface area (Å²) in [4.78, 5) is 7.30. The molecule has 1 aliphatic rings. The fourth-order valence-electron chi connectivity index (χ4n) is 3.21. The van der Waals surface area contributed by atoms with Crippen molar-refractivity contribution in [2.45, 2.75) is 39.8 Å². The number of guanidine groups is 1. The van der Waals surface area contributed by atoms with Gasteiger partial charge in [-0.3, -0.25) is 4.90 Å². The lowest BCUT2D eigenvalue weighted by atomic mass is 9.99. The summed E-state index contributed by atoms with van der Waals surface area (Å²) in [6.45, 7) is 13.9. The van der Waals surface area contributed by atoms with Gasteiger partial charge in [-0.2, -0.15) is 0 Å². The van der Waals surface area contributed by atoms with Gasteiger partial charge in [0.2, 0.25) is 0 Å². The van der Waals surface area contributed by atoms with Crippen LogP contribution in [0, 0.1) is 5.92 Å². The zero-order valence-electron chi connectivity index (χ0n) is 15.2. The van der Waals surface area contributed by atoms with Crippen LogP contribution in [0.4, 0.5) is 0 Å². The zero-order chi connectivity index (χ0) is 17.2. The molecule has 0 aliphatic carbocycles. The minimum absolute atomic E-state index is 0.700. The number of hydrogen-bond acceptors (Lipinski definition) is 2. The number of aliphatic imine (C=N–C) groups is 1. The molecule has 0 radical (unpaired) electrons. The van der Waals surface area contributed by atoms with E-state index in [0.29, 0.717) is 6.54 Å². The molecule has 1 aromatic carbocycles. The first-order valence-electron chi connectivity index (χ1n) is 9.15. The summed E-state index contributed by atoms with van der Waals surface area (Å²) in [6, 6.07) is 8.69. The molecule has 24 heavy (non-hydrogen) atoms. The topological polar surface area (TPSA) is 39.7 Å². The van der Waals surface area contributed by atoms with E-state index in [0.717, 1.165) is 31.5 Å². The normalized spacial score (nSPS) is 19.1. The van der Waals surface area contributed by atoms with Crippen molar-refractivity contribution in [1.82, 2.24) is 15.5 Å². The van der Waals surface area contributed by atoms with Crippen LogP contribution in [0.15, 0.2) is 41.9 Å². The lowest BCUT2D eigenvalue weighted by Crippen LogP contribution is -2.37. The number of rotatable bonds is 7. The lowest BCUT2D eigenvalue weighted by Gasteiger charge is -2.31. The van der Waals surface area contributed by atoms with Crippen molar-refractivity contribution in [2.75, 3.05) is 26.2 Å². The van der Waals surface area contributed by atoms with Crippen LogP contribution >= 0.6 is 0 Å². The Morgan fingerprint density at radius 2 is 2.12 bits per heavy atom. The second-order valence-corrected chi connectivity index (χ2v) is 6.62. The van der Waals surface area contributed by atoms with Gasteiger partial charge in [-0.25, -0.2) is 4.99 Å². The lowest BCUT2D eigenvalue weighted by molar-refractivity contribution is 0.176. The molecule has 1 saturated heterocycles. The minimum atomic E-state index is 0.700. The number of likely N-dealkylation sites (tertiary alicyclic amines) is 1. The highest BCUT2D eigenvalue weighted by Crippen LogP contribution is 2.19. The molecule has 1 aliphatic heterocycles. The first-order valence-corrected chi connectivity index (χ1v) is 9.15. The number of benzene rings is 1. The van der Waals surface area contributed by atoms with Crippen molar-refractivity contribution >= 4 is 5.96 Å². The van der Waals surface area contributed by atoms with Gasteiger partial charge in [0.05, 0.1) is 6.54 Å². The summed E-state index contributed by atoms with van der Waals surface area (Å²) < 4.78 is 0.